The van der Waals surface area contributed by atoms with Gasteiger partial charge in [-0.3, -0.25) is 0 Å². The topological polar surface area (TPSA) is 12.0 Å². The van der Waals surface area contributed by atoms with Gasteiger partial charge in [0.1, 0.15) is 0 Å². The SMILES string of the molecule is CC1CCC(NCc2cc(-c3cccs3)cs2)C1C. The summed E-state index contributed by atoms with van der Waals surface area (Å²) in [5, 5.41) is 8.18. The Kier molecular flexibility index (Phi) is 4.06. The first-order valence-electron chi connectivity index (χ1n) is 7.08. The Morgan fingerprint density at radius 3 is 2.84 bits per heavy atom. The molecule has 2 aromatic rings. The molecule has 2 aromatic heterocycles. The zero-order valence-electron chi connectivity index (χ0n) is 11.6. The minimum absolute atomic E-state index is 0.710. The van der Waals surface area contributed by atoms with Gasteiger partial charge < -0.3 is 5.32 Å². The smallest absolute Gasteiger partial charge is 0.0351 e. The molecule has 1 nitrogen and oxygen atoms in total. The number of hydrogen-bond acceptors (Lipinski definition) is 3. The second-order valence-electron chi connectivity index (χ2n) is 5.68. The number of hydrogen-bond donors (Lipinski definition) is 1. The number of thiophene rings is 2. The highest BCUT2D eigenvalue weighted by molar-refractivity contribution is 7.14. The van der Waals surface area contributed by atoms with Crippen LogP contribution in [0.2, 0.25) is 0 Å². The van der Waals surface area contributed by atoms with Crippen molar-refractivity contribution in [2.75, 3.05) is 0 Å². The number of rotatable bonds is 4. The fraction of sp³-hybridized carbons (Fsp3) is 0.500. The normalized spacial score (nSPS) is 26.9. The molecule has 1 N–H and O–H groups in total. The predicted octanol–water partition coefficient (Wildman–Crippen LogP) is 5.00. The highest BCUT2D eigenvalue weighted by Crippen LogP contribution is 2.32. The van der Waals surface area contributed by atoms with Gasteiger partial charge in [0.15, 0.2) is 0 Å². The summed E-state index contributed by atoms with van der Waals surface area (Å²) in [7, 11) is 0. The van der Waals surface area contributed by atoms with Crippen LogP contribution in [-0.2, 0) is 6.54 Å². The summed E-state index contributed by atoms with van der Waals surface area (Å²) in [6.07, 6.45) is 2.72. The highest BCUT2D eigenvalue weighted by atomic mass is 32.1. The summed E-state index contributed by atoms with van der Waals surface area (Å²) in [5.74, 6) is 1.69. The fourth-order valence-corrected chi connectivity index (χ4v) is 4.55. The Balaban J connectivity index is 1.59. The zero-order valence-corrected chi connectivity index (χ0v) is 13.2. The van der Waals surface area contributed by atoms with Gasteiger partial charge >= 0.3 is 0 Å². The molecule has 19 heavy (non-hydrogen) atoms. The minimum atomic E-state index is 0.710. The van der Waals surface area contributed by atoms with Gasteiger partial charge in [0.05, 0.1) is 0 Å². The van der Waals surface area contributed by atoms with E-state index < -0.39 is 0 Å². The van der Waals surface area contributed by atoms with Gasteiger partial charge in [-0.05, 0) is 47.6 Å². The van der Waals surface area contributed by atoms with Gasteiger partial charge in [0.25, 0.3) is 0 Å². The molecule has 1 aliphatic rings. The molecule has 3 rings (SSSR count). The van der Waals surface area contributed by atoms with E-state index in [9.17, 15) is 0 Å². The van der Waals surface area contributed by atoms with E-state index in [-0.39, 0.29) is 0 Å². The van der Waals surface area contributed by atoms with Crippen LogP contribution in [0.15, 0.2) is 29.0 Å². The maximum atomic E-state index is 3.75. The summed E-state index contributed by atoms with van der Waals surface area (Å²) in [6.45, 7) is 5.80. The first-order chi connectivity index (χ1) is 9.24. The van der Waals surface area contributed by atoms with Gasteiger partial charge in [-0.1, -0.05) is 19.9 Å². The standard InChI is InChI=1S/C16H21NS2/c1-11-5-6-15(12(11)2)17-9-14-8-13(10-19-14)16-4-3-7-18-16/h3-4,7-8,10-12,15,17H,5-6,9H2,1-2H3. The Morgan fingerprint density at radius 1 is 1.26 bits per heavy atom. The molecule has 0 aromatic carbocycles. The molecular weight excluding hydrogens is 270 g/mol. The van der Waals surface area contributed by atoms with E-state index in [2.05, 4.69) is 48.1 Å². The Bertz CT molecular complexity index is 515. The molecule has 1 saturated carbocycles. The summed E-state index contributed by atoms with van der Waals surface area (Å²) in [5.41, 5.74) is 1.38. The Labute approximate surface area is 123 Å². The molecule has 0 aliphatic heterocycles. The molecule has 102 valence electrons. The van der Waals surface area contributed by atoms with Crippen LogP contribution in [0.25, 0.3) is 10.4 Å². The van der Waals surface area contributed by atoms with E-state index in [1.807, 2.05) is 22.7 Å². The maximum absolute atomic E-state index is 3.75. The molecule has 0 radical (unpaired) electrons. The summed E-state index contributed by atoms with van der Waals surface area (Å²) < 4.78 is 0. The number of nitrogens with one attached hydrogen (secondary N) is 1. The van der Waals surface area contributed by atoms with E-state index in [0.29, 0.717) is 6.04 Å². The molecule has 0 bridgehead atoms. The van der Waals surface area contributed by atoms with Crippen LogP contribution in [-0.4, -0.2) is 6.04 Å². The summed E-state index contributed by atoms with van der Waals surface area (Å²) in [6, 6.07) is 7.37. The lowest BCUT2D eigenvalue weighted by Gasteiger charge is -2.19. The lowest BCUT2D eigenvalue weighted by molar-refractivity contribution is 0.370. The van der Waals surface area contributed by atoms with Crippen LogP contribution >= 0.6 is 22.7 Å². The maximum Gasteiger partial charge on any atom is 0.0351 e. The molecular formula is C16H21NS2. The van der Waals surface area contributed by atoms with Gasteiger partial charge in [-0.25, -0.2) is 0 Å². The van der Waals surface area contributed by atoms with Crippen LogP contribution in [0.3, 0.4) is 0 Å². The van der Waals surface area contributed by atoms with Crippen molar-refractivity contribution in [2.24, 2.45) is 11.8 Å². The monoisotopic (exact) mass is 291 g/mol. The average molecular weight is 291 g/mol. The quantitative estimate of drug-likeness (QED) is 0.835. The second kappa shape index (κ2) is 5.78. The van der Waals surface area contributed by atoms with Crippen LogP contribution < -0.4 is 5.32 Å². The van der Waals surface area contributed by atoms with Crippen molar-refractivity contribution < 1.29 is 0 Å². The van der Waals surface area contributed by atoms with Crippen LogP contribution in [0.5, 0.6) is 0 Å². The van der Waals surface area contributed by atoms with E-state index >= 15 is 0 Å². The summed E-state index contributed by atoms with van der Waals surface area (Å²) >= 11 is 3.70. The third-order valence-electron chi connectivity index (χ3n) is 4.46. The lowest BCUT2D eigenvalue weighted by Crippen LogP contribution is -2.31. The van der Waals surface area contributed by atoms with Crippen molar-refractivity contribution in [1.82, 2.24) is 5.32 Å². The molecule has 0 amide bonds. The third kappa shape index (κ3) is 2.93. The molecule has 3 heteroatoms. The van der Waals surface area contributed by atoms with Crippen molar-refractivity contribution in [3.63, 3.8) is 0 Å². The zero-order chi connectivity index (χ0) is 13.2. The van der Waals surface area contributed by atoms with Gasteiger partial charge in [0, 0.05) is 27.9 Å². The van der Waals surface area contributed by atoms with Crippen LogP contribution in [0.1, 0.15) is 31.6 Å². The van der Waals surface area contributed by atoms with Crippen molar-refractivity contribution in [3.8, 4) is 10.4 Å². The molecule has 0 saturated heterocycles. The molecule has 1 aliphatic carbocycles. The average Bonchev–Trinajstić information content (AvgIpc) is 3.11. The molecule has 2 heterocycles. The Hall–Kier alpha value is -0.640. The molecule has 1 fully saturated rings. The molecule has 0 spiro atoms. The van der Waals surface area contributed by atoms with E-state index in [0.717, 1.165) is 18.4 Å². The van der Waals surface area contributed by atoms with Crippen molar-refractivity contribution in [2.45, 2.75) is 39.3 Å². The predicted molar refractivity (Wildman–Crippen MR) is 85.8 cm³/mol. The van der Waals surface area contributed by atoms with E-state index in [1.165, 1.54) is 28.2 Å². The molecule has 3 unspecified atom stereocenters. The Morgan fingerprint density at radius 2 is 2.16 bits per heavy atom. The summed E-state index contributed by atoms with van der Waals surface area (Å²) in [4.78, 5) is 2.83. The van der Waals surface area contributed by atoms with Crippen molar-refractivity contribution in [3.05, 3.63) is 33.8 Å². The first kappa shape index (κ1) is 13.3. The molecule has 3 atom stereocenters. The van der Waals surface area contributed by atoms with E-state index in [4.69, 9.17) is 0 Å². The highest BCUT2D eigenvalue weighted by Gasteiger charge is 2.29. The third-order valence-corrected chi connectivity index (χ3v) is 6.32. The largest absolute Gasteiger partial charge is 0.309 e. The van der Waals surface area contributed by atoms with E-state index in [1.54, 1.807) is 0 Å². The minimum Gasteiger partial charge on any atom is -0.309 e. The van der Waals surface area contributed by atoms with Gasteiger partial charge in [-0.15, -0.1) is 22.7 Å². The van der Waals surface area contributed by atoms with Crippen molar-refractivity contribution >= 4 is 22.7 Å². The second-order valence-corrected chi connectivity index (χ2v) is 7.62. The lowest BCUT2D eigenvalue weighted by atomic mass is 9.98. The van der Waals surface area contributed by atoms with Crippen LogP contribution in [0, 0.1) is 11.8 Å². The van der Waals surface area contributed by atoms with Crippen molar-refractivity contribution in [1.29, 1.82) is 0 Å². The van der Waals surface area contributed by atoms with Gasteiger partial charge in [-0.2, -0.15) is 0 Å². The van der Waals surface area contributed by atoms with Gasteiger partial charge in [0.2, 0.25) is 0 Å². The first-order valence-corrected chi connectivity index (χ1v) is 8.84. The van der Waals surface area contributed by atoms with Crippen LogP contribution in [0.4, 0.5) is 0 Å². The fourth-order valence-electron chi connectivity index (χ4n) is 2.93.